The zero-order valence-electron chi connectivity index (χ0n) is 19.6. The van der Waals surface area contributed by atoms with Crippen LogP contribution >= 0.6 is 15.9 Å². The Balaban J connectivity index is 1.71. The van der Waals surface area contributed by atoms with Crippen LogP contribution in [0.15, 0.2) is 88.2 Å². The van der Waals surface area contributed by atoms with Gasteiger partial charge in [0.25, 0.3) is 10.0 Å². The van der Waals surface area contributed by atoms with Crippen LogP contribution in [0.25, 0.3) is 5.57 Å². The van der Waals surface area contributed by atoms with Gasteiger partial charge in [0.05, 0.1) is 23.7 Å². The summed E-state index contributed by atoms with van der Waals surface area (Å²) in [7, 11) is -3.92. The second kappa shape index (κ2) is 8.95. The lowest BCUT2D eigenvalue weighted by Crippen LogP contribution is -2.51. The minimum absolute atomic E-state index is 0.0162. The number of sulfonamides is 1. The third kappa shape index (κ3) is 3.91. The Kier molecular flexibility index (Phi) is 6.09. The van der Waals surface area contributed by atoms with Crippen molar-refractivity contribution in [1.82, 2.24) is 0 Å². The van der Waals surface area contributed by atoms with Crippen LogP contribution in [0.1, 0.15) is 36.0 Å². The predicted octanol–water partition coefficient (Wildman–Crippen LogP) is 6.09. The molecule has 2 aliphatic rings. The molecule has 35 heavy (non-hydrogen) atoms. The Bertz CT molecular complexity index is 1430. The maximum absolute atomic E-state index is 13.9. The van der Waals surface area contributed by atoms with Crippen LogP contribution in [0.2, 0.25) is 0 Å². The smallest absolute Gasteiger partial charge is 0.318 e. The fraction of sp³-hybridized carbons (Fsp3) is 0.250. The SMILES string of the molecule is CCOC(=O)[C@@]12C=C(c3ccccc3Br)C[C@H]1c1ccccc1N(S(=O)(=O)c1ccc(C)cc1)C2. The van der Waals surface area contributed by atoms with Gasteiger partial charge in [-0.05, 0) is 61.2 Å². The molecule has 0 unspecified atom stereocenters. The molecule has 0 bridgehead atoms. The van der Waals surface area contributed by atoms with E-state index in [1.165, 1.54) is 4.31 Å². The van der Waals surface area contributed by atoms with E-state index in [4.69, 9.17) is 4.74 Å². The number of carbonyl (C=O) groups is 1. The molecule has 5 rings (SSSR count). The molecule has 0 radical (unpaired) electrons. The van der Waals surface area contributed by atoms with Crippen molar-refractivity contribution in [3.05, 3.63) is 100 Å². The van der Waals surface area contributed by atoms with Crippen molar-refractivity contribution in [3.8, 4) is 0 Å². The number of carbonyl (C=O) groups excluding carboxylic acids is 1. The molecule has 0 fully saturated rings. The monoisotopic (exact) mass is 551 g/mol. The first-order chi connectivity index (χ1) is 16.8. The summed E-state index contributed by atoms with van der Waals surface area (Å²) in [5, 5.41) is 0. The molecule has 7 heteroatoms. The summed E-state index contributed by atoms with van der Waals surface area (Å²) in [6.07, 6.45) is 2.56. The number of hydrogen-bond acceptors (Lipinski definition) is 4. The van der Waals surface area contributed by atoms with Crippen molar-refractivity contribution < 1.29 is 17.9 Å². The standard InChI is InChI=1S/C28H26BrNO4S/c1-3-34-27(31)28-17-20(22-8-4-6-10-25(22)29)16-24(28)23-9-5-7-11-26(23)30(18-28)35(32,33)21-14-12-19(2)13-15-21/h4-15,17,24H,3,16,18H2,1-2H3/t24-,28+/m0/s1. The van der Waals surface area contributed by atoms with Crippen LogP contribution in [-0.2, 0) is 19.6 Å². The number of aryl methyl sites for hydroxylation is 1. The number of rotatable bonds is 5. The van der Waals surface area contributed by atoms with Crippen molar-refractivity contribution >= 4 is 43.2 Å². The highest BCUT2D eigenvalue weighted by molar-refractivity contribution is 9.10. The Morgan fingerprint density at radius 3 is 2.46 bits per heavy atom. The van der Waals surface area contributed by atoms with Crippen LogP contribution in [0.5, 0.6) is 0 Å². The minimum Gasteiger partial charge on any atom is -0.465 e. The van der Waals surface area contributed by atoms with Gasteiger partial charge in [0.1, 0.15) is 5.41 Å². The quantitative estimate of drug-likeness (QED) is 0.360. The summed E-state index contributed by atoms with van der Waals surface area (Å²) >= 11 is 3.64. The number of anilines is 1. The number of halogens is 1. The number of esters is 1. The predicted molar refractivity (Wildman–Crippen MR) is 141 cm³/mol. The molecule has 0 N–H and O–H groups in total. The third-order valence-electron chi connectivity index (χ3n) is 6.95. The Morgan fingerprint density at radius 2 is 1.74 bits per heavy atom. The van der Waals surface area contributed by atoms with E-state index in [1.54, 1.807) is 31.2 Å². The first kappa shape index (κ1) is 23.8. The molecule has 0 amide bonds. The molecular weight excluding hydrogens is 526 g/mol. The molecule has 0 saturated heterocycles. The fourth-order valence-electron chi connectivity index (χ4n) is 5.24. The molecule has 2 atom stereocenters. The maximum atomic E-state index is 13.9. The summed E-state index contributed by atoms with van der Waals surface area (Å²) in [5.74, 6) is -0.630. The van der Waals surface area contributed by atoms with Crippen LogP contribution in [0.4, 0.5) is 5.69 Å². The topological polar surface area (TPSA) is 63.7 Å². The number of nitrogens with zero attached hydrogens (tertiary/aromatic N) is 1. The van der Waals surface area contributed by atoms with E-state index in [9.17, 15) is 13.2 Å². The van der Waals surface area contributed by atoms with Crippen molar-refractivity contribution in [2.24, 2.45) is 5.41 Å². The first-order valence-corrected chi connectivity index (χ1v) is 13.8. The Morgan fingerprint density at radius 1 is 1.06 bits per heavy atom. The number of allylic oxidation sites excluding steroid dienone is 1. The number of para-hydroxylation sites is 1. The van der Waals surface area contributed by atoms with E-state index >= 15 is 0 Å². The van der Waals surface area contributed by atoms with Gasteiger partial charge in [-0.15, -0.1) is 0 Å². The first-order valence-electron chi connectivity index (χ1n) is 11.6. The van der Waals surface area contributed by atoms with Gasteiger partial charge in [-0.1, -0.05) is 76.1 Å². The fourth-order valence-corrected chi connectivity index (χ4v) is 7.32. The maximum Gasteiger partial charge on any atom is 0.318 e. The van der Waals surface area contributed by atoms with E-state index in [2.05, 4.69) is 15.9 Å². The highest BCUT2D eigenvalue weighted by atomic mass is 79.9. The second-order valence-electron chi connectivity index (χ2n) is 9.05. The second-order valence-corrected chi connectivity index (χ2v) is 11.8. The van der Waals surface area contributed by atoms with Crippen molar-refractivity contribution in [2.75, 3.05) is 17.5 Å². The van der Waals surface area contributed by atoms with Gasteiger partial charge in [-0.2, -0.15) is 0 Å². The van der Waals surface area contributed by atoms with Crippen LogP contribution in [0, 0.1) is 12.3 Å². The highest BCUT2D eigenvalue weighted by Crippen LogP contribution is 2.58. The summed E-state index contributed by atoms with van der Waals surface area (Å²) in [4.78, 5) is 13.8. The summed E-state index contributed by atoms with van der Waals surface area (Å²) in [6.45, 7) is 3.89. The van der Waals surface area contributed by atoms with E-state index < -0.39 is 21.4 Å². The summed E-state index contributed by atoms with van der Waals surface area (Å²) in [6, 6.07) is 22.2. The molecule has 1 heterocycles. The molecule has 0 aromatic heterocycles. The Labute approximate surface area is 214 Å². The van der Waals surface area contributed by atoms with Gasteiger partial charge < -0.3 is 4.74 Å². The highest BCUT2D eigenvalue weighted by Gasteiger charge is 2.56. The zero-order chi connectivity index (χ0) is 24.8. The van der Waals surface area contributed by atoms with Crippen LogP contribution < -0.4 is 4.31 Å². The molecule has 3 aromatic rings. The molecule has 0 saturated carbocycles. The van der Waals surface area contributed by atoms with Crippen molar-refractivity contribution in [1.29, 1.82) is 0 Å². The lowest BCUT2D eigenvalue weighted by atomic mass is 9.71. The zero-order valence-corrected chi connectivity index (χ0v) is 22.0. The lowest BCUT2D eigenvalue weighted by Gasteiger charge is -2.43. The number of benzene rings is 3. The van der Waals surface area contributed by atoms with Gasteiger partial charge >= 0.3 is 5.97 Å². The molecule has 1 aliphatic carbocycles. The largest absolute Gasteiger partial charge is 0.465 e. The van der Waals surface area contributed by atoms with E-state index in [1.807, 2.05) is 61.5 Å². The molecule has 5 nitrogen and oxygen atoms in total. The Hall–Kier alpha value is -2.90. The third-order valence-corrected chi connectivity index (χ3v) is 9.41. The molecular formula is C28H26BrNO4S. The van der Waals surface area contributed by atoms with E-state index in [-0.39, 0.29) is 24.0 Å². The van der Waals surface area contributed by atoms with Gasteiger partial charge in [-0.3, -0.25) is 9.10 Å². The normalized spacial score (nSPS) is 21.2. The van der Waals surface area contributed by atoms with Gasteiger partial charge in [-0.25, -0.2) is 8.42 Å². The van der Waals surface area contributed by atoms with Crippen LogP contribution in [0.3, 0.4) is 0 Å². The van der Waals surface area contributed by atoms with Gasteiger partial charge in [0.2, 0.25) is 0 Å². The number of ether oxygens (including phenoxy) is 1. The summed E-state index contributed by atoms with van der Waals surface area (Å²) < 4.78 is 35.7. The van der Waals surface area contributed by atoms with E-state index in [0.29, 0.717) is 12.1 Å². The average Bonchev–Trinajstić information content (AvgIpc) is 3.25. The van der Waals surface area contributed by atoms with Crippen LogP contribution in [-0.4, -0.2) is 27.5 Å². The molecule has 1 aliphatic heterocycles. The van der Waals surface area contributed by atoms with Gasteiger partial charge in [0.15, 0.2) is 0 Å². The summed E-state index contributed by atoms with van der Waals surface area (Å²) in [5.41, 5.74) is 3.28. The molecule has 0 spiro atoms. The molecule has 3 aromatic carbocycles. The van der Waals surface area contributed by atoms with E-state index in [0.717, 1.165) is 26.7 Å². The minimum atomic E-state index is -3.92. The molecule has 180 valence electrons. The van der Waals surface area contributed by atoms with Gasteiger partial charge in [0, 0.05) is 10.4 Å². The average molecular weight is 552 g/mol. The number of hydrogen-bond donors (Lipinski definition) is 0. The van der Waals surface area contributed by atoms with Crippen molar-refractivity contribution in [2.45, 2.75) is 31.1 Å². The number of fused-ring (bicyclic) bond motifs is 3. The van der Waals surface area contributed by atoms with Crippen molar-refractivity contribution in [3.63, 3.8) is 0 Å². The lowest BCUT2D eigenvalue weighted by molar-refractivity contribution is -0.152.